The zero-order valence-corrected chi connectivity index (χ0v) is 16.1. The fraction of sp³-hybridized carbons (Fsp3) is 0.211. The van der Waals surface area contributed by atoms with E-state index in [0.717, 1.165) is 22.6 Å². The van der Waals surface area contributed by atoms with Crippen molar-refractivity contribution >= 4 is 39.5 Å². The molecule has 1 heterocycles. The van der Waals surface area contributed by atoms with Crippen LogP contribution in [0.3, 0.4) is 0 Å². The van der Waals surface area contributed by atoms with E-state index < -0.39 is 29.9 Å². The number of rotatable bonds is 5. The smallest absolute Gasteiger partial charge is 0.413 e. The van der Waals surface area contributed by atoms with Crippen molar-refractivity contribution in [3.05, 3.63) is 63.9 Å². The van der Waals surface area contributed by atoms with E-state index in [9.17, 15) is 18.8 Å². The van der Waals surface area contributed by atoms with Crippen LogP contribution in [0.15, 0.2) is 46.9 Å². The van der Waals surface area contributed by atoms with Gasteiger partial charge < -0.3 is 15.2 Å². The zero-order chi connectivity index (χ0) is 20.3. The predicted molar refractivity (Wildman–Crippen MR) is 101 cm³/mol. The summed E-state index contributed by atoms with van der Waals surface area (Å²) in [6.07, 6.45) is -2.24. The number of amides is 1. The van der Waals surface area contributed by atoms with E-state index in [-0.39, 0.29) is 35.3 Å². The topological polar surface area (TPSA) is 98.9 Å². The summed E-state index contributed by atoms with van der Waals surface area (Å²) in [4.78, 5) is 37.7. The number of benzene rings is 2. The Morgan fingerprint density at radius 1 is 1.29 bits per heavy atom. The molecule has 3 rings (SSSR count). The number of halogens is 2. The van der Waals surface area contributed by atoms with Crippen LogP contribution in [0.2, 0.25) is 0 Å². The largest absolute Gasteiger partial charge is 0.444 e. The summed E-state index contributed by atoms with van der Waals surface area (Å²) in [6, 6.07) is 11.1. The first-order valence-corrected chi connectivity index (χ1v) is 9.09. The maximum absolute atomic E-state index is 13.4. The summed E-state index contributed by atoms with van der Waals surface area (Å²) in [7, 11) is 0. The summed E-state index contributed by atoms with van der Waals surface area (Å²) < 4.78 is 23.8. The maximum atomic E-state index is 13.4. The van der Waals surface area contributed by atoms with Crippen LogP contribution in [0.25, 0.3) is 0 Å². The van der Waals surface area contributed by atoms with Crippen LogP contribution in [-0.4, -0.2) is 35.5 Å². The average molecular weight is 451 g/mol. The first-order chi connectivity index (χ1) is 13.3. The van der Waals surface area contributed by atoms with E-state index in [1.165, 1.54) is 0 Å². The summed E-state index contributed by atoms with van der Waals surface area (Å²) in [6.45, 7) is -0.312. The number of hydrogen-bond donors (Lipinski definition) is 1. The number of carbonyl (C=O) groups excluding carboxylic acids is 3. The monoisotopic (exact) mass is 450 g/mol. The molecule has 0 radical (unpaired) electrons. The Balaban J connectivity index is 1.69. The molecule has 2 aromatic rings. The molecule has 146 valence electrons. The predicted octanol–water partition coefficient (Wildman–Crippen LogP) is 3.26. The Labute approximate surface area is 168 Å². The molecule has 0 aliphatic carbocycles. The molecule has 28 heavy (non-hydrogen) atoms. The Bertz CT molecular complexity index is 899. The van der Waals surface area contributed by atoms with E-state index in [4.69, 9.17) is 15.2 Å². The number of nitrogens with zero attached hydrogens (tertiary/aromatic N) is 1. The number of ketones is 1. The Morgan fingerprint density at radius 3 is 2.68 bits per heavy atom. The molecule has 0 bridgehead atoms. The molecule has 7 nitrogen and oxygen atoms in total. The zero-order valence-electron chi connectivity index (χ0n) is 14.6. The van der Waals surface area contributed by atoms with Gasteiger partial charge in [-0.2, -0.15) is 0 Å². The van der Waals surface area contributed by atoms with E-state index in [2.05, 4.69) is 15.9 Å². The Morgan fingerprint density at radius 2 is 2.00 bits per heavy atom. The van der Waals surface area contributed by atoms with Gasteiger partial charge in [0.05, 0.1) is 12.0 Å². The molecule has 1 atom stereocenters. The number of ether oxygens (including phenoxy) is 2. The molecule has 1 aliphatic rings. The van der Waals surface area contributed by atoms with Crippen molar-refractivity contribution in [1.29, 1.82) is 0 Å². The number of esters is 1. The molecule has 1 saturated heterocycles. The molecular weight excluding hydrogens is 435 g/mol. The van der Waals surface area contributed by atoms with Gasteiger partial charge in [0, 0.05) is 10.2 Å². The van der Waals surface area contributed by atoms with Gasteiger partial charge in [0.15, 0.2) is 12.0 Å². The van der Waals surface area contributed by atoms with E-state index in [1.807, 2.05) is 6.07 Å². The lowest BCUT2D eigenvalue weighted by atomic mass is 10.1. The number of anilines is 1. The van der Waals surface area contributed by atoms with E-state index in [1.54, 1.807) is 24.3 Å². The maximum Gasteiger partial charge on any atom is 0.413 e. The third-order valence-corrected chi connectivity index (χ3v) is 4.70. The quantitative estimate of drug-likeness (QED) is 0.426. The van der Waals surface area contributed by atoms with Crippen molar-refractivity contribution in [2.45, 2.75) is 19.3 Å². The van der Waals surface area contributed by atoms with Crippen molar-refractivity contribution in [2.75, 3.05) is 12.3 Å². The number of Topliss-reactive ketones (excluding diaryl/α,β-unsaturated/α-hetero) is 1. The highest BCUT2D eigenvalue weighted by Gasteiger charge is 2.38. The first kappa shape index (κ1) is 19.8. The molecule has 0 saturated carbocycles. The van der Waals surface area contributed by atoms with Gasteiger partial charge in [0.2, 0.25) is 0 Å². The number of carbonyl (C=O) groups is 3. The minimum absolute atomic E-state index is 0.0154. The summed E-state index contributed by atoms with van der Waals surface area (Å²) in [5.41, 5.74) is 6.50. The Hall–Kier alpha value is -2.94. The lowest BCUT2D eigenvalue weighted by Crippen LogP contribution is -2.38. The van der Waals surface area contributed by atoms with E-state index in [0.29, 0.717) is 0 Å². The molecule has 0 unspecified atom stereocenters. The van der Waals surface area contributed by atoms with Crippen molar-refractivity contribution in [3.8, 4) is 0 Å². The van der Waals surface area contributed by atoms with Gasteiger partial charge in [-0.25, -0.2) is 9.18 Å². The molecule has 2 N–H and O–H groups in total. The minimum atomic E-state index is -1.13. The van der Waals surface area contributed by atoms with Gasteiger partial charge >= 0.3 is 12.1 Å². The van der Waals surface area contributed by atoms with Gasteiger partial charge in [-0.05, 0) is 33.6 Å². The second-order valence-corrected chi connectivity index (χ2v) is 6.95. The average Bonchev–Trinajstić information content (AvgIpc) is 3.00. The fourth-order valence-corrected chi connectivity index (χ4v) is 3.45. The molecule has 2 aromatic carbocycles. The summed E-state index contributed by atoms with van der Waals surface area (Å²) in [5.74, 6) is -1.76. The van der Waals surface area contributed by atoms with Crippen molar-refractivity contribution in [2.24, 2.45) is 0 Å². The second kappa shape index (κ2) is 8.39. The molecule has 1 amide bonds. The third-order valence-electron chi connectivity index (χ3n) is 4.08. The van der Waals surface area contributed by atoms with Gasteiger partial charge in [-0.1, -0.05) is 30.3 Å². The Kier molecular flexibility index (Phi) is 5.93. The second-order valence-electron chi connectivity index (χ2n) is 6.09. The fourth-order valence-electron chi connectivity index (χ4n) is 2.78. The lowest BCUT2D eigenvalue weighted by molar-refractivity contribution is -0.140. The summed E-state index contributed by atoms with van der Waals surface area (Å²) >= 11 is 3.10. The van der Waals surface area contributed by atoms with Gasteiger partial charge in [0.1, 0.15) is 19.0 Å². The molecular formula is C19H16BrFN2O5. The van der Waals surface area contributed by atoms with Crippen molar-refractivity contribution in [1.82, 2.24) is 4.90 Å². The highest BCUT2D eigenvalue weighted by atomic mass is 79.9. The van der Waals surface area contributed by atoms with Crippen LogP contribution in [0, 0.1) is 5.82 Å². The van der Waals surface area contributed by atoms with Crippen LogP contribution in [0.4, 0.5) is 14.9 Å². The SMILES string of the molecule is Nc1cc(F)cc(Br)c1C(=O)C[C@@H]1OC(=O)CN1C(=O)OCc1ccccc1. The van der Waals surface area contributed by atoms with Gasteiger partial charge in [-0.3, -0.25) is 14.5 Å². The number of cyclic esters (lactones) is 1. The number of hydrogen-bond acceptors (Lipinski definition) is 6. The number of nitrogens with two attached hydrogens (primary N) is 1. The highest BCUT2D eigenvalue weighted by Crippen LogP contribution is 2.28. The number of nitrogen functional groups attached to an aromatic ring is 1. The molecule has 0 aromatic heterocycles. The van der Waals surface area contributed by atoms with E-state index >= 15 is 0 Å². The standard InChI is InChI=1S/C19H16BrFN2O5/c20-13-6-12(21)7-14(22)18(13)15(24)8-16-23(9-17(25)28-16)19(26)27-10-11-4-2-1-3-5-11/h1-7,16H,8-10,22H2/t16-/m0/s1. The lowest BCUT2D eigenvalue weighted by Gasteiger charge is -2.21. The van der Waals surface area contributed by atoms with Crippen molar-refractivity contribution < 1.29 is 28.2 Å². The van der Waals surface area contributed by atoms with Crippen LogP contribution >= 0.6 is 15.9 Å². The molecule has 0 spiro atoms. The third kappa shape index (κ3) is 4.48. The van der Waals surface area contributed by atoms with Gasteiger partial charge in [0.25, 0.3) is 0 Å². The van der Waals surface area contributed by atoms with Crippen LogP contribution in [0.1, 0.15) is 22.3 Å². The summed E-state index contributed by atoms with van der Waals surface area (Å²) in [5, 5.41) is 0. The normalized spacial score (nSPS) is 16.0. The first-order valence-electron chi connectivity index (χ1n) is 8.29. The van der Waals surface area contributed by atoms with Crippen LogP contribution in [0.5, 0.6) is 0 Å². The molecule has 9 heteroatoms. The van der Waals surface area contributed by atoms with Crippen molar-refractivity contribution in [3.63, 3.8) is 0 Å². The van der Waals surface area contributed by atoms with Crippen LogP contribution in [-0.2, 0) is 20.9 Å². The van der Waals surface area contributed by atoms with Crippen LogP contribution < -0.4 is 5.73 Å². The molecule has 1 fully saturated rings. The van der Waals surface area contributed by atoms with Gasteiger partial charge in [-0.15, -0.1) is 0 Å². The highest BCUT2D eigenvalue weighted by molar-refractivity contribution is 9.10. The minimum Gasteiger partial charge on any atom is -0.444 e. The molecule has 1 aliphatic heterocycles.